The van der Waals surface area contributed by atoms with Gasteiger partial charge in [-0.25, -0.2) is 4.98 Å². The van der Waals surface area contributed by atoms with E-state index >= 15 is 0 Å². The highest BCUT2D eigenvalue weighted by Crippen LogP contribution is 2.17. The zero-order valence-corrected chi connectivity index (χ0v) is 11.5. The van der Waals surface area contributed by atoms with Crippen molar-refractivity contribution in [1.82, 2.24) is 9.88 Å². The van der Waals surface area contributed by atoms with Crippen LogP contribution in [0.15, 0.2) is 22.6 Å². The maximum Gasteiger partial charge on any atom is 0.192 e. The van der Waals surface area contributed by atoms with E-state index < -0.39 is 6.10 Å². The average molecular weight is 263 g/mol. The molecule has 0 spiro atoms. The van der Waals surface area contributed by atoms with E-state index in [0.717, 1.165) is 24.1 Å². The van der Waals surface area contributed by atoms with Crippen LogP contribution in [-0.4, -0.2) is 47.8 Å². The molecule has 0 aliphatic carbocycles. The topological polar surface area (TPSA) is 75.5 Å². The van der Waals surface area contributed by atoms with Gasteiger partial charge in [-0.05, 0) is 31.2 Å². The number of aromatic nitrogens is 1. The molecule has 1 atom stereocenters. The molecule has 1 aromatic heterocycles. The number of fused-ring (bicyclic) bond motifs is 1. The van der Waals surface area contributed by atoms with Crippen molar-refractivity contribution in [1.29, 1.82) is 0 Å². The van der Waals surface area contributed by atoms with Crippen LogP contribution >= 0.6 is 0 Å². The first-order valence-electron chi connectivity index (χ1n) is 6.51. The Balaban J connectivity index is 1.94. The van der Waals surface area contributed by atoms with Crippen molar-refractivity contribution >= 4 is 11.1 Å². The number of nitrogens with zero attached hydrogens (tertiary/aromatic N) is 2. The summed E-state index contributed by atoms with van der Waals surface area (Å²) >= 11 is 0. The van der Waals surface area contributed by atoms with Crippen LogP contribution in [0, 0.1) is 6.92 Å². The van der Waals surface area contributed by atoms with Gasteiger partial charge in [-0.3, -0.25) is 0 Å². The van der Waals surface area contributed by atoms with Gasteiger partial charge in [0.05, 0.1) is 6.10 Å². The summed E-state index contributed by atoms with van der Waals surface area (Å²) in [5.41, 5.74) is 8.34. The predicted octanol–water partition coefficient (Wildman–Crippen LogP) is 0.930. The van der Waals surface area contributed by atoms with E-state index in [-0.39, 0.29) is 0 Å². The monoisotopic (exact) mass is 263 g/mol. The number of aryl methyl sites for hydroxylation is 1. The fraction of sp³-hybridized carbons (Fsp3) is 0.500. The third kappa shape index (κ3) is 3.76. The Kier molecular flexibility index (Phi) is 4.52. The number of aliphatic hydroxyl groups excluding tert-OH is 1. The fourth-order valence-electron chi connectivity index (χ4n) is 2.09. The number of nitrogens with two attached hydrogens (primary N) is 1. The molecule has 0 aliphatic heterocycles. The molecular weight excluding hydrogens is 242 g/mol. The van der Waals surface area contributed by atoms with Gasteiger partial charge in [0.15, 0.2) is 11.5 Å². The van der Waals surface area contributed by atoms with Gasteiger partial charge in [-0.1, -0.05) is 6.07 Å². The van der Waals surface area contributed by atoms with Crippen LogP contribution < -0.4 is 5.73 Å². The highest BCUT2D eigenvalue weighted by Gasteiger charge is 2.07. The number of likely N-dealkylation sites (N-methyl/N-ethyl adjacent to an activating group) is 1. The molecule has 1 aromatic carbocycles. The molecule has 0 bridgehead atoms. The molecule has 1 unspecified atom stereocenters. The van der Waals surface area contributed by atoms with Crippen LogP contribution in [-0.2, 0) is 6.42 Å². The van der Waals surface area contributed by atoms with Gasteiger partial charge in [-0.15, -0.1) is 0 Å². The van der Waals surface area contributed by atoms with Gasteiger partial charge in [0.2, 0.25) is 0 Å². The quantitative estimate of drug-likeness (QED) is 0.811. The number of oxazole rings is 1. The molecule has 0 aliphatic rings. The highest BCUT2D eigenvalue weighted by atomic mass is 16.3. The van der Waals surface area contributed by atoms with Crippen LogP contribution in [0.3, 0.4) is 0 Å². The van der Waals surface area contributed by atoms with Crippen molar-refractivity contribution in [2.75, 3.05) is 26.7 Å². The third-order valence-corrected chi connectivity index (χ3v) is 3.14. The molecule has 0 saturated carbocycles. The van der Waals surface area contributed by atoms with Crippen molar-refractivity contribution in [2.45, 2.75) is 19.4 Å². The Hall–Kier alpha value is -1.43. The van der Waals surface area contributed by atoms with Crippen molar-refractivity contribution in [3.63, 3.8) is 0 Å². The van der Waals surface area contributed by atoms with Crippen molar-refractivity contribution < 1.29 is 9.52 Å². The molecule has 5 nitrogen and oxygen atoms in total. The summed E-state index contributed by atoms with van der Waals surface area (Å²) in [6.45, 7) is 3.62. The Morgan fingerprint density at radius 1 is 1.47 bits per heavy atom. The van der Waals surface area contributed by atoms with Gasteiger partial charge in [0, 0.05) is 26.6 Å². The minimum atomic E-state index is -0.453. The van der Waals surface area contributed by atoms with E-state index in [4.69, 9.17) is 10.2 Å². The molecular formula is C14H21N3O2. The van der Waals surface area contributed by atoms with Crippen molar-refractivity contribution in [3.8, 4) is 0 Å². The van der Waals surface area contributed by atoms with Crippen molar-refractivity contribution in [2.24, 2.45) is 5.73 Å². The summed E-state index contributed by atoms with van der Waals surface area (Å²) in [6, 6.07) is 6.07. The van der Waals surface area contributed by atoms with Gasteiger partial charge < -0.3 is 20.2 Å². The molecule has 1 heterocycles. The highest BCUT2D eigenvalue weighted by molar-refractivity contribution is 5.73. The lowest BCUT2D eigenvalue weighted by atomic mass is 10.1. The Morgan fingerprint density at radius 2 is 2.26 bits per heavy atom. The Bertz CT molecular complexity index is 538. The van der Waals surface area contributed by atoms with Crippen LogP contribution in [0.2, 0.25) is 0 Å². The molecule has 3 N–H and O–H groups in total. The normalized spacial score (nSPS) is 13.3. The summed E-state index contributed by atoms with van der Waals surface area (Å²) in [5.74, 6) is 0.690. The first-order valence-corrected chi connectivity index (χ1v) is 6.51. The number of hydrogen-bond acceptors (Lipinski definition) is 5. The van der Waals surface area contributed by atoms with E-state index in [2.05, 4.69) is 22.0 Å². The number of rotatable bonds is 6. The molecule has 5 heteroatoms. The van der Waals surface area contributed by atoms with E-state index in [0.29, 0.717) is 19.0 Å². The summed E-state index contributed by atoms with van der Waals surface area (Å²) < 4.78 is 5.45. The number of aliphatic hydroxyl groups is 1. The smallest absolute Gasteiger partial charge is 0.192 e. The minimum Gasteiger partial charge on any atom is -0.441 e. The van der Waals surface area contributed by atoms with Gasteiger partial charge in [0.1, 0.15) is 5.52 Å². The molecule has 0 radical (unpaired) electrons. The first kappa shape index (κ1) is 14.0. The average Bonchev–Trinajstić information content (AvgIpc) is 2.75. The van der Waals surface area contributed by atoms with Crippen LogP contribution in [0.25, 0.3) is 11.1 Å². The maximum atomic E-state index is 9.48. The van der Waals surface area contributed by atoms with Gasteiger partial charge in [0.25, 0.3) is 0 Å². The van der Waals surface area contributed by atoms with Gasteiger partial charge >= 0.3 is 0 Å². The molecule has 2 rings (SSSR count). The van der Waals surface area contributed by atoms with Gasteiger partial charge in [-0.2, -0.15) is 0 Å². The Labute approximate surface area is 113 Å². The second-order valence-corrected chi connectivity index (χ2v) is 4.94. The van der Waals surface area contributed by atoms with E-state index in [1.165, 1.54) is 5.56 Å². The van der Waals surface area contributed by atoms with Crippen LogP contribution in [0.1, 0.15) is 11.5 Å². The fourth-order valence-corrected chi connectivity index (χ4v) is 2.09. The lowest BCUT2D eigenvalue weighted by molar-refractivity contribution is 0.133. The van der Waals surface area contributed by atoms with E-state index in [1.807, 2.05) is 20.0 Å². The van der Waals surface area contributed by atoms with Crippen molar-refractivity contribution in [3.05, 3.63) is 29.7 Å². The lowest BCUT2D eigenvalue weighted by Crippen LogP contribution is -2.35. The zero-order valence-electron chi connectivity index (χ0n) is 11.5. The molecule has 104 valence electrons. The largest absolute Gasteiger partial charge is 0.441 e. The molecule has 0 fully saturated rings. The van der Waals surface area contributed by atoms with E-state index in [9.17, 15) is 5.11 Å². The second kappa shape index (κ2) is 6.14. The second-order valence-electron chi connectivity index (χ2n) is 4.94. The third-order valence-electron chi connectivity index (χ3n) is 3.14. The molecule has 0 saturated heterocycles. The van der Waals surface area contributed by atoms with Crippen LogP contribution in [0.5, 0.6) is 0 Å². The summed E-state index contributed by atoms with van der Waals surface area (Å²) in [5, 5.41) is 9.48. The summed E-state index contributed by atoms with van der Waals surface area (Å²) in [7, 11) is 1.98. The zero-order chi connectivity index (χ0) is 13.8. The lowest BCUT2D eigenvalue weighted by Gasteiger charge is -2.19. The molecule has 2 aromatic rings. The summed E-state index contributed by atoms with van der Waals surface area (Å²) in [6.07, 6.45) is 0.459. The van der Waals surface area contributed by atoms with Crippen LogP contribution in [0.4, 0.5) is 0 Å². The Morgan fingerprint density at radius 3 is 3.00 bits per heavy atom. The molecule has 0 amide bonds. The molecule has 19 heavy (non-hydrogen) atoms. The summed E-state index contributed by atoms with van der Waals surface area (Å²) in [4.78, 5) is 6.40. The SMILES string of the molecule is Cc1nc2cc(CCN(C)CC(O)CN)ccc2o1. The number of hydrogen-bond donors (Lipinski definition) is 2. The first-order chi connectivity index (χ1) is 9.08. The standard InChI is InChI=1S/C14H21N3O2/c1-10-16-13-7-11(3-4-14(13)19-10)5-6-17(2)9-12(18)8-15/h3-4,7,12,18H,5-6,8-9,15H2,1-2H3. The van der Waals surface area contributed by atoms with E-state index in [1.54, 1.807) is 0 Å². The predicted molar refractivity (Wildman–Crippen MR) is 75.0 cm³/mol. The number of benzene rings is 1. The maximum absolute atomic E-state index is 9.48. The minimum absolute atomic E-state index is 0.300.